The zero-order valence-electron chi connectivity index (χ0n) is 11.6. The van der Waals surface area contributed by atoms with Crippen LogP contribution < -0.4 is 9.46 Å². The van der Waals surface area contributed by atoms with Gasteiger partial charge in [-0.25, -0.2) is 13.1 Å². The van der Waals surface area contributed by atoms with E-state index in [2.05, 4.69) is 4.72 Å². The molecule has 0 aromatic heterocycles. The molecule has 0 saturated heterocycles. The van der Waals surface area contributed by atoms with Crippen LogP contribution in [0.3, 0.4) is 0 Å². The Morgan fingerprint density at radius 1 is 1.14 bits per heavy atom. The van der Waals surface area contributed by atoms with Gasteiger partial charge in [0, 0.05) is 12.1 Å². The van der Waals surface area contributed by atoms with Crippen molar-refractivity contribution in [2.24, 2.45) is 0 Å². The molecule has 0 saturated carbocycles. The van der Waals surface area contributed by atoms with Gasteiger partial charge in [-0.1, -0.05) is 30.3 Å². The molecule has 0 amide bonds. The molecule has 0 aliphatic heterocycles. The van der Waals surface area contributed by atoms with Crippen molar-refractivity contribution < 1.29 is 18.3 Å². The number of rotatable bonds is 6. The summed E-state index contributed by atoms with van der Waals surface area (Å²) in [7, 11) is -2.16. The average molecular weight is 307 g/mol. The van der Waals surface area contributed by atoms with Gasteiger partial charge < -0.3 is 9.84 Å². The van der Waals surface area contributed by atoms with Crippen molar-refractivity contribution in [3.05, 3.63) is 59.7 Å². The monoisotopic (exact) mass is 307 g/mol. The van der Waals surface area contributed by atoms with E-state index in [0.717, 1.165) is 5.56 Å². The number of aliphatic hydroxyl groups excluding tert-OH is 1. The lowest BCUT2D eigenvalue weighted by Gasteiger charge is -2.10. The zero-order chi connectivity index (χ0) is 15.3. The molecule has 2 rings (SSSR count). The third kappa shape index (κ3) is 3.81. The second-order valence-corrected chi connectivity index (χ2v) is 6.21. The number of ether oxygens (including phenoxy) is 1. The molecule has 6 heteroatoms. The first-order chi connectivity index (χ1) is 10.1. The van der Waals surface area contributed by atoms with Crippen molar-refractivity contribution in [3.8, 4) is 5.75 Å². The van der Waals surface area contributed by atoms with E-state index in [1.165, 1.54) is 25.3 Å². The second kappa shape index (κ2) is 6.71. The highest BCUT2D eigenvalue weighted by Crippen LogP contribution is 2.22. The molecule has 0 atom stereocenters. The van der Waals surface area contributed by atoms with Crippen LogP contribution in [0.2, 0.25) is 0 Å². The topological polar surface area (TPSA) is 75.6 Å². The first-order valence-electron chi connectivity index (χ1n) is 6.38. The summed E-state index contributed by atoms with van der Waals surface area (Å²) in [6.07, 6.45) is 0. The van der Waals surface area contributed by atoms with Crippen molar-refractivity contribution in [2.75, 3.05) is 7.11 Å². The van der Waals surface area contributed by atoms with Crippen LogP contribution in [0.4, 0.5) is 0 Å². The maximum Gasteiger partial charge on any atom is 0.240 e. The van der Waals surface area contributed by atoms with E-state index in [4.69, 9.17) is 4.74 Å². The van der Waals surface area contributed by atoms with Crippen molar-refractivity contribution in [1.29, 1.82) is 0 Å². The molecule has 0 spiro atoms. The number of methoxy groups -OCH3 is 1. The van der Waals surface area contributed by atoms with E-state index in [1.807, 2.05) is 30.3 Å². The van der Waals surface area contributed by atoms with E-state index in [-0.39, 0.29) is 18.0 Å². The van der Waals surface area contributed by atoms with Crippen LogP contribution >= 0.6 is 0 Å². The fraction of sp³-hybridized carbons (Fsp3) is 0.200. The number of hydrogen-bond acceptors (Lipinski definition) is 4. The second-order valence-electron chi connectivity index (χ2n) is 4.44. The van der Waals surface area contributed by atoms with Crippen LogP contribution in [0.25, 0.3) is 0 Å². The van der Waals surface area contributed by atoms with Crippen LogP contribution in [0.5, 0.6) is 5.75 Å². The zero-order valence-corrected chi connectivity index (χ0v) is 12.4. The highest BCUT2D eigenvalue weighted by Gasteiger charge is 2.16. The SMILES string of the molecule is COc1ccc(S(=O)(=O)NCc2ccccc2)cc1CO. The summed E-state index contributed by atoms with van der Waals surface area (Å²) in [4.78, 5) is 0.100. The Morgan fingerprint density at radius 3 is 2.48 bits per heavy atom. The largest absolute Gasteiger partial charge is 0.496 e. The molecule has 2 aromatic rings. The minimum Gasteiger partial charge on any atom is -0.496 e. The molecular formula is C15H17NO4S. The van der Waals surface area contributed by atoms with Crippen LogP contribution in [0.15, 0.2) is 53.4 Å². The summed E-state index contributed by atoms with van der Waals surface area (Å²) in [6.45, 7) is -0.0745. The van der Waals surface area contributed by atoms with Gasteiger partial charge in [0.25, 0.3) is 0 Å². The van der Waals surface area contributed by atoms with Crippen LogP contribution in [-0.4, -0.2) is 20.6 Å². The van der Waals surface area contributed by atoms with E-state index >= 15 is 0 Å². The Labute approximate surface area is 124 Å². The van der Waals surface area contributed by atoms with E-state index in [0.29, 0.717) is 11.3 Å². The molecule has 0 aliphatic carbocycles. The summed E-state index contributed by atoms with van der Waals surface area (Å²) in [6, 6.07) is 13.6. The molecule has 0 radical (unpaired) electrons. The lowest BCUT2D eigenvalue weighted by atomic mass is 10.2. The average Bonchev–Trinajstić information content (AvgIpc) is 2.53. The van der Waals surface area contributed by atoms with Crippen LogP contribution in [-0.2, 0) is 23.2 Å². The van der Waals surface area contributed by atoms with Gasteiger partial charge in [0.05, 0.1) is 18.6 Å². The van der Waals surface area contributed by atoms with Gasteiger partial charge in [-0.15, -0.1) is 0 Å². The lowest BCUT2D eigenvalue weighted by Crippen LogP contribution is -2.23. The van der Waals surface area contributed by atoms with Gasteiger partial charge in [-0.3, -0.25) is 0 Å². The van der Waals surface area contributed by atoms with Crippen LogP contribution in [0, 0.1) is 0 Å². The Balaban J connectivity index is 2.19. The number of hydrogen-bond donors (Lipinski definition) is 2. The molecule has 0 unspecified atom stereocenters. The quantitative estimate of drug-likeness (QED) is 0.851. The summed E-state index contributed by atoms with van der Waals surface area (Å²) in [5.74, 6) is 0.458. The van der Waals surface area contributed by atoms with Crippen LogP contribution in [0.1, 0.15) is 11.1 Å². The lowest BCUT2D eigenvalue weighted by molar-refractivity contribution is 0.273. The maximum atomic E-state index is 12.2. The molecule has 112 valence electrons. The van der Waals surface area contributed by atoms with Crippen molar-refractivity contribution in [1.82, 2.24) is 4.72 Å². The molecular weight excluding hydrogens is 290 g/mol. The van der Waals surface area contributed by atoms with Gasteiger partial charge >= 0.3 is 0 Å². The number of sulfonamides is 1. The van der Waals surface area contributed by atoms with E-state index < -0.39 is 10.0 Å². The molecule has 0 aliphatic rings. The van der Waals surface area contributed by atoms with Gasteiger partial charge in [-0.05, 0) is 23.8 Å². The highest BCUT2D eigenvalue weighted by molar-refractivity contribution is 7.89. The standard InChI is InChI=1S/C15H17NO4S/c1-20-15-8-7-14(9-13(15)11-17)21(18,19)16-10-12-5-3-2-4-6-12/h2-9,16-17H,10-11H2,1H3. The van der Waals surface area contributed by atoms with Crippen molar-refractivity contribution >= 4 is 10.0 Å². The summed E-state index contributed by atoms with van der Waals surface area (Å²) in [5.41, 5.74) is 1.30. The van der Waals surface area contributed by atoms with E-state index in [9.17, 15) is 13.5 Å². The molecule has 2 aromatic carbocycles. The van der Waals surface area contributed by atoms with E-state index in [1.54, 1.807) is 0 Å². The minimum absolute atomic E-state index is 0.100. The first-order valence-corrected chi connectivity index (χ1v) is 7.86. The third-order valence-electron chi connectivity index (χ3n) is 3.04. The van der Waals surface area contributed by atoms with Crippen molar-refractivity contribution in [3.63, 3.8) is 0 Å². The summed E-state index contributed by atoms with van der Waals surface area (Å²) >= 11 is 0. The van der Waals surface area contributed by atoms with Gasteiger partial charge in [0.1, 0.15) is 5.75 Å². The van der Waals surface area contributed by atoms with Gasteiger partial charge in [0.2, 0.25) is 10.0 Å². The first kappa shape index (κ1) is 15.5. The van der Waals surface area contributed by atoms with Gasteiger partial charge in [-0.2, -0.15) is 0 Å². The molecule has 21 heavy (non-hydrogen) atoms. The Hall–Kier alpha value is -1.89. The molecule has 0 fully saturated rings. The maximum absolute atomic E-state index is 12.2. The molecule has 0 heterocycles. The minimum atomic E-state index is -3.63. The summed E-state index contributed by atoms with van der Waals surface area (Å²) < 4.78 is 32.1. The summed E-state index contributed by atoms with van der Waals surface area (Å²) in [5, 5.41) is 9.25. The Morgan fingerprint density at radius 2 is 1.86 bits per heavy atom. The Bertz CT molecular complexity index is 699. The molecule has 0 bridgehead atoms. The fourth-order valence-electron chi connectivity index (χ4n) is 1.90. The molecule has 2 N–H and O–H groups in total. The normalized spacial score (nSPS) is 11.3. The smallest absolute Gasteiger partial charge is 0.240 e. The Kier molecular flexibility index (Phi) is 4.95. The number of aliphatic hydroxyl groups is 1. The van der Waals surface area contributed by atoms with Crippen molar-refractivity contribution in [2.45, 2.75) is 18.0 Å². The predicted molar refractivity (Wildman–Crippen MR) is 79.4 cm³/mol. The molecule has 5 nitrogen and oxygen atoms in total. The predicted octanol–water partition coefficient (Wildman–Crippen LogP) is 1.67. The fourth-order valence-corrected chi connectivity index (χ4v) is 2.97. The highest BCUT2D eigenvalue weighted by atomic mass is 32.2. The number of nitrogens with one attached hydrogen (secondary N) is 1. The van der Waals surface area contributed by atoms with Gasteiger partial charge in [0.15, 0.2) is 0 Å². The third-order valence-corrected chi connectivity index (χ3v) is 4.44. The number of benzene rings is 2.